The first-order valence-electron chi connectivity index (χ1n) is 8.83. The highest BCUT2D eigenvalue weighted by molar-refractivity contribution is 5.97. The van der Waals surface area contributed by atoms with Crippen LogP contribution in [0.2, 0.25) is 0 Å². The van der Waals surface area contributed by atoms with E-state index in [1.807, 2.05) is 44.2 Å². The summed E-state index contributed by atoms with van der Waals surface area (Å²) in [5.74, 6) is -0.409. The van der Waals surface area contributed by atoms with Crippen molar-refractivity contribution in [3.63, 3.8) is 0 Å². The molecule has 6 nitrogen and oxygen atoms in total. The molecule has 1 N–H and O–H groups in total. The zero-order valence-electron chi connectivity index (χ0n) is 15.7. The summed E-state index contributed by atoms with van der Waals surface area (Å²) in [7, 11) is 1.57. The molecule has 0 unspecified atom stereocenters. The lowest BCUT2D eigenvalue weighted by atomic mass is 10.1. The van der Waals surface area contributed by atoms with Crippen LogP contribution in [0.25, 0.3) is 11.0 Å². The lowest BCUT2D eigenvalue weighted by Crippen LogP contribution is -2.39. The summed E-state index contributed by atoms with van der Waals surface area (Å²) in [5.41, 5.74) is 2.42. The van der Waals surface area contributed by atoms with Gasteiger partial charge in [0, 0.05) is 24.7 Å². The summed E-state index contributed by atoms with van der Waals surface area (Å²) in [6, 6.07) is 13.0. The van der Waals surface area contributed by atoms with Gasteiger partial charge in [-0.2, -0.15) is 0 Å². The Bertz CT molecular complexity index is 1010. The van der Waals surface area contributed by atoms with Gasteiger partial charge in [-0.3, -0.25) is 14.2 Å². The van der Waals surface area contributed by atoms with Crippen LogP contribution >= 0.6 is 0 Å². The highest BCUT2D eigenvalue weighted by atomic mass is 16.5. The van der Waals surface area contributed by atoms with Gasteiger partial charge in [-0.15, -0.1) is 0 Å². The van der Waals surface area contributed by atoms with Crippen molar-refractivity contribution in [1.82, 2.24) is 14.9 Å². The number of pyridine rings is 2. The summed E-state index contributed by atoms with van der Waals surface area (Å²) in [6.45, 7) is 4.56. The monoisotopic (exact) mass is 365 g/mol. The standard InChI is InChI=1S/C21H23N3O3/c1-14-6-8-16(9-7-14)12-24-19-17(5-4-10-22-19)11-18(21(24)26)20(25)23-15(2)13-27-3/h4-11,15H,12-13H2,1-3H3,(H,23,25)/t15-/m0/s1. The van der Waals surface area contributed by atoms with Gasteiger partial charge in [0.15, 0.2) is 0 Å². The largest absolute Gasteiger partial charge is 0.383 e. The minimum atomic E-state index is -0.409. The molecule has 0 radical (unpaired) electrons. The molecule has 0 bridgehead atoms. The van der Waals surface area contributed by atoms with Gasteiger partial charge in [-0.25, -0.2) is 4.98 Å². The van der Waals surface area contributed by atoms with E-state index in [-0.39, 0.29) is 17.2 Å². The Hall–Kier alpha value is -2.99. The van der Waals surface area contributed by atoms with Gasteiger partial charge >= 0.3 is 0 Å². The number of hydrogen-bond donors (Lipinski definition) is 1. The zero-order chi connectivity index (χ0) is 19.4. The first-order chi connectivity index (χ1) is 13.0. The second kappa shape index (κ2) is 8.14. The third kappa shape index (κ3) is 4.23. The van der Waals surface area contributed by atoms with Crippen LogP contribution in [0.5, 0.6) is 0 Å². The Labute approximate surface area is 157 Å². The molecule has 140 valence electrons. The van der Waals surface area contributed by atoms with Crippen LogP contribution in [0.1, 0.15) is 28.4 Å². The van der Waals surface area contributed by atoms with Crippen molar-refractivity contribution in [3.8, 4) is 0 Å². The van der Waals surface area contributed by atoms with Crippen molar-refractivity contribution in [2.24, 2.45) is 0 Å². The van der Waals surface area contributed by atoms with Crippen LogP contribution in [-0.2, 0) is 11.3 Å². The summed E-state index contributed by atoms with van der Waals surface area (Å²) >= 11 is 0. The second-order valence-corrected chi connectivity index (χ2v) is 6.68. The number of hydrogen-bond acceptors (Lipinski definition) is 4. The Morgan fingerprint density at radius 3 is 2.70 bits per heavy atom. The molecule has 2 aromatic heterocycles. The van der Waals surface area contributed by atoms with E-state index in [4.69, 9.17) is 4.74 Å². The number of carbonyl (C=O) groups excluding carboxylic acids is 1. The van der Waals surface area contributed by atoms with Gasteiger partial charge in [-0.05, 0) is 37.6 Å². The van der Waals surface area contributed by atoms with E-state index in [2.05, 4.69) is 10.3 Å². The Balaban J connectivity index is 2.05. The second-order valence-electron chi connectivity index (χ2n) is 6.68. The third-order valence-electron chi connectivity index (χ3n) is 4.35. The van der Waals surface area contributed by atoms with Crippen LogP contribution in [-0.4, -0.2) is 35.2 Å². The molecule has 3 rings (SSSR count). The molecule has 0 saturated carbocycles. The number of aromatic nitrogens is 2. The van der Waals surface area contributed by atoms with Crippen LogP contribution in [0.4, 0.5) is 0 Å². The first kappa shape index (κ1) is 18.8. The van der Waals surface area contributed by atoms with Gasteiger partial charge in [0.05, 0.1) is 13.2 Å². The van der Waals surface area contributed by atoms with Gasteiger partial charge in [0.1, 0.15) is 11.2 Å². The molecule has 3 aromatic rings. The molecule has 0 aliphatic heterocycles. The predicted octanol–water partition coefficient (Wildman–Crippen LogP) is 2.52. The van der Waals surface area contributed by atoms with E-state index in [9.17, 15) is 9.59 Å². The maximum Gasteiger partial charge on any atom is 0.265 e. The number of rotatable bonds is 6. The number of benzene rings is 1. The number of nitrogens with one attached hydrogen (secondary N) is 1. The molecule has 1 atom stereocenters. The topological polar surface area (TPSA) is 73.2 Å². The van der Waals surface area contributed by atoms with Crippen molar-refractivity contribution in [1.29, 1.82) is 0 Å². The fourth-order valence-electron chi connectivity index (χ4n) is 2.99. The van der Waals surface area contributed by atoms with Crippen LogP contribution < -0.4 is 10.9 Å². The van der Waals surface area contributed by atoms with E-state index in [1.54, 1.807) is 30.0 Å². The van der Waals surface area contributed by atoms with Gasteiger partial charge < -0.3 is 10.1 Å². The average Bonchev–Trinajstić information content (AvgIpc) is 2.65. The van der Waals surface area contributed by atoms with E-state index < -0.39 is 5.91 Å². The van der Waals surface area contributed by atoms with Gasteiger partial charge in [0.2, 0.25) is 0 Å². The zero-order valence-corrected chi connectivity index (χ0v) is 15.7. The van der Waals surface area contributed by atoms with E-state index in [0.29, 0.717) is 18.8 Å². The number of fused-ring (bicyclic) bond motifs is 1. The fraction of sp³-hybridized carbons (Fsp3) is 0.286. The molecule has 1 amide bonds. The number of aryl methyl sites for hydroxylation is 1. The summed E-state index contributed by atoms with van der Waals surface area (Å²) in [4.78, 5) is 30.1. The molecule has 2 heterocycles. The van der Waals surface area contributed by atoms with E-state index in [0.717, 1.165) is 16.5 Å². The molecule has 0 saturated heterocycles. The summed E-state index contributed by atoms with van der Waals surface area (Å²) in [5, 5.41) is 3.55. The summed E-state index contributed by atoms with van der Waals surface area (Å²) < 4.78 is 6.60. The highest BCUT2D eigenvalue weighted by Gasteiger charge is 2.18. The number of carbonyl (C=O) groups is 1. The molecule has 6 heteroatoms. The number of nitrogens with zero attached hydrogens (tertiary/aromatic N) is 2. The lowest BCUT2D eigenvalue weighted by molar-refractivity contribution is 0.0903. The lowest BCUT2D eigenvalue weighted by Gasteiger charge is -2.15. The van der Waals surface area contributed by atoms with Gasteiger partial charge in [-0.1, -0.05) is 29.8 Å². The minimum absolute atomic E-state index is 0.102. The number of amides is 1. The Kier molecular flexibility index (Phi) is 5.66. The maximum atomic E-state index is 13.1. The van der Waals surface area contributed by atoms with Crippen LogP contribution in [0, 0.1) is 6.92 Å². The smallest absolute Gasteiger partial charge is 0.265 e. The fourth-order valence-corrected chi connectivity index (χ4v) is 2.99. The number of ether oxygens (including phenoxy) is 1. The SMILES string of the molecule is COC[C@H](C)NC(=O)c1cc2cccnc2n(Cc2ccc(C)cc2)c1=O. The van der Waals surface area contributed by atoms with Crippen molar-refractivity contribution in [2.45, 2.75) is 26.4 Å². The molecule has 27 heavy (non-hydrogen) atoms. The quantitative estimate of drug-likeness (QED) is 0.728. The normalized spacial score (nSPS) is 12.1. The van der Waals surface area contributed by atoms with Crippen LogP contribution in [0.3, 0.4) is 0 Å². The average molecular weight is 365 g/mol. The molecular weight excluding hydrogens is 342 g/mol. The van der Waals surface area contributed by atoms with Crippen molar-refractivity contribution >= 4 is 16.9 Å². The van der Waals surface area contributed by atoms with Crippen molar-refractivity contribution in [2.75, 3.05) is 13.7 Å². The highest BCUT2D eigenvalue weighted by Crippen LogP contribution is 2.13. The molecule has 0 aliphatic rings. The maximum absolute atomic E-state index is 13.1. The number of methoxy groups -OCH3 is 1. The molecule has 0 spiro atoms. The van der Waals surface area contributed by atoms with Crippen molar-refractivity contribution in [3.05, 3.63) is 75.7 Å². The summed E-state index contributed by atoms with van der Waals surface area (Å²) in [6.07, 6.45) is 1.65. The molecule has 1 aromatic carbocycles. The first-order valence-corrected chi connectivity index (χ1v) is 8.83. The molecular formula is C21H23N3O3. The van der Waals surface area contributed by atoms with Crippen LogP contribution in [0.15, 0.2) is 53.5 Å². The third-order valence-corrected chi connectivity index (χ3v) is 4.35. The predicted molar refractivity (Wildman–Crippen MR) is 105 cm³/mol. The van der Waals surface area contributed by atoms with Gasteiger partial charge in [0.25, 0.3) is 11.5 Å². The Morgan fingerprint density at radius 1 is 1.26 bits per heavy atom. The molecule has 0 aliphatic carbocycles. The van der Waals surface area contributed by atoms with E-state index >= 15 is 0 Å². The van der Waals surface area contributed by atoms with Crippen molar-refractivity contribution < 1.29 is 9.53 Å². The van der Waals surface area contributed by atoms with E-state index in [1.165, 1.54) is 0 Å². The molecule has 0 fully saturated rings. The Morgan fingerprint density at radius 2 is 2.00 bits per heavy atom. The minimum Gasteiger partial charge on any atom is -0.383 e.